The number of likely N-dealkylation sites (N-methyl/N-ethyl adjacent to an activating group) is 1. The fourth-order valence-corrected chi connectivity index (χ4v) is 3.01. The maximum atomic E-state index is 12.5. The van der Waals surface area contributed by atoms with E-state index in [2.05, 4.69) is 30.7 Å². The van der Waals surface area contributed by atoms with Gasteiger partial charge in [0.2, 0.25) is 0 Å². The van der Waals surface area contributed by atoms with E-state index < -0.39 is 0 Å². The normalized spacial score (nSPS) is 25.5. The molecule has 1 aromatic carbocycles. The molecule has 4 heteroatoms. The van der Waals surface area contributed by atoms with Gasteiger partial charge in [-0.05, 0) is 33.4 Å². The zero-order valence-electron chi connectivity index (χ0n) is 13.5. The SMILES string of the molecule is CCOC(=O)C(c1ccccc1)N1CC(C)N(C)C(C)C1. The van der Waals surface area contributed by atoms with Crippen LogP contribution in [-0.4, -0.2) is 54.6 Å². The number of esters is 1. The summed E-state index contributed by atoms with van der Waals surface area (Å²) in [5.74, 6) is -0.146. The number of ether oxygens (including phenoxy) is 1. The number of benzene rings is 1. The third kappa shape index (κ3) is 3.63. The maximum Gasteiger partial charge on any atom is 0.328 e. The largest absolute Gasteiger partial charge is 0.465 e. The highest BCUT2D eigenvalue weighted by Crippen LogP contribution is 2.26. The molecule has 3 unspecified atom stereocenters. The molecule has 3 atom stereocenters. The lowest BCUT2D eigenvalue weighted by atomic mass is 10.0. The van der Waals surface area contributed by atoms with Gasteiger partial charge in [0, 0.05) is 25.2 Å². The van der Waals surface area contributed by atoms with E-state index in [4.69, 9.17) is 4.74 Å². The summed E-state index contributed by atoms with van der Waals surface area (Å²) >= 11 is 0. The van der Waals surface area contributed by atoms with Crippen molar-refractivity contribution in [1.29, 1.82) is 0 Å². The molecule has 21 heavy (non-hydrogen) atoms. The fraction of sp³-hybridized carbons (Fsp3) is 0.588. The molecule has 0 spiro atoms. The molecular formula is C17H26N2O2. The summed E-state index contributed by atoms with van der Waals surface area (Å²) in [6, 6.07) is 10.5. The molecule has 1 fully saturated rings. The molecule has 1 aliphatic rings. The molecule has 1 heterocycles. The number of hydrogen-bond acceptors (Lipinski definition) is 4. The highest BCUT2D eigenvalue weighted by Gasteiger charge is 2.35. The second kappa shape index (κ2) is 7.05. The highest BCUT2D eigenvalue weighted by atomic mass is 16.5. The second-order valence-electron chi connectivity index (χ2n) is 5.88. The number of rotatable bonds is 4. The summed E-state index contributed by atoms with van der Waals surface area (Å²) in [6.07, 6.45) is 0. The van der Waals surface area contributed by atoms with Gasteiger partial charge in [-0.2, -0.15) is 0 Å². The van der Waals surface area contributed by atoms with E-state index in [0.29, 0.717) is 18.7 Å². The molecule has 0 amide bonds. The van der Waals surface area contributed by atoms with E-state index in [1.165, 1.54) is 0 Å². The Kier molecular flexibility index (Phi) is 5.37. The Morgan fingerprint density at radius 3 is 2.33 bits per heavy atom. The van der Waals surface area contributed by atoms with E-state index in [1.807, 2.05) is 37.3 Å². The number of piperazine rings is 1. The van der Waals surface area contributed by atoms with Crippen LogP contribution < -0.4 is 0 Å². The summed E-state index contributed by atoms with van der Waals surface area (Å²) in [6.45, 7) is 8.43. The molecular weight excluding hydrogens is 264 g/mol. The quantitative estimate of drug-likeness (QED) is 0.797. The summed E-state index contributed by atoms with van der Waals surface area (Å²) in [4.78, 5) is 17.1. The van der Waals surface area contributed by atoms with Crippen molar-refractivity contribution in [2.75, 3.05) is 26.7 Å². The predicted octanol–water partition coefficient (Wildman–Crippen LogP) is 2.32. The summed E-state index contributed by atoms with van der Waals surface area (Å²) < 4.78 is 5.31. The number of carbonyl (C=O) groups is 1. The molecule has 0 bridgehead atoms. The van der Waals surface area contributed by atoms with E-state index in [0.717, 1.165) is 18.7 Å². The average Bonchev–Trinajstić information content (AvgIpc) is 2.46. The summed E-state index contributed by atoms with van der Waals surface area (Å²) in [7, 11) is 2.15. The van der Waals surface area contributed by atoms with E-state index in [-0.39, 0.29) is 12.0 Å². The lowest BCUT2D eigenvalue weighted by molar-refractivity contribution is -0.151. The van der Waals surface area contributed by atoms with Gasteiger partial charge in [-0.1, -0.05) is 30.3 Å². The standard InChI is InChI=1S/C17H26N2O2/c1-5-21-17(20)16(15-9-7-6-8-10-15)19-11-13(2)18(4)14(3)12-19/h6-10,13-14,16H,5,11-12H2,1-4H3. The van der Waals surface area contributed by atoms with Crippen LogP contribution in [0, 0.1) is 0 Å². The highest BCUT2D eigenvalue weighted by molar-refractivity contribution is 5.77. The van der Waals surface area contributed by atoms with Gasteiger partial charge in [0.15, 0.2) is 0 Å². The van der Waals surface area contributed by atoms with Gasteiger partial charge >= 0.3 is 5.97 Å². The summed E-state index contributed by atoms with van der Waals surface area (Å²) in [5, 5.41) is 0. The van der Waals surface area contributed by atoms with Gasteiger partial charge in [-0.25, -0.2) is 4.79 Å². The van der Waals surface area contributed by atoms with Crippen molar-refractivity contribution < 1.29 is 9.53 Å². The van der Waals surface area contributed by atoms with E-state index >= 15 is 0 Å². The Labute approximate surface area is 127 Å². The molecule has 0 saturated carbocycles. The third-order valence-corrected chi connectivity index (χ3v) is 4.38. The maximum absolute atomic E-state index is 12.5. The van der Waals surface area contributed by atoms with Crippen LogP contribution in [-0.2, 0) is 9.53 Å². The molecule has 2 rings (SSSR count). The first-order valence-electron chi connectivity index (χ1n) is 7.72. The van der Waals surface area contributed by atoms with Gasteiger partial charge < -0.3 is 4.74 Å². The van der Waals surface area contributed by atoms with Crippen molar-refractivity contribution in [3.63, 3.8) is 0 Å². The minimum Gasteiger partial charge on any atom is -0.465 e. The van der Waals surface area contributed by atoms with Crippen molar-refractivity contribution in [2.24, 2.45) is 0 Å². The number of carbonyl (C=O) groups excluding carboxylic acids is 1. The van der Waals surface area contributed by atoms with Crippen LogP contribution in [0.2, 0.25) is 0 Å². The molecule has 0 radical (unpaired) electrons. The topological polar surface area (TPSA) is 32.8 Å². The van der Waals surface area contributed by atoms with Crippen LogP contribution in [0.5, 0.6) is 0 Å². The van der Waals surface area contributed by atoms with Crippen LogP contribution >= 0.6 is 0 Å². The minimum absolute atomic E-state index is 0.146. The van der Waals surface area contributed by atoms with Crippen molar-refractivity contribution in [3.8, 4) is 0 Å². The number of hydrogen-bond donors (Lipinski definition) is 0. The minimum atomic E-state index is -0.301. The lowest BCUT2D eigenvalue weighted by Gasteiger charge is -2.44. The van der Waals surface area contributed by atoms with Gasteiger partial charge in [0.1, 0.15) is 6.04 Å². The molecule has 1 aromatic rings. The van der Waals surface area contributed by atoms with E-state index in [9.17, 15) is 4.79 Å². The van der Waals surface area contributed by atoms with Crippen molar-refractivity contribution in [3.05, 3.63) is 35.9 Å². The Bertz CT molecular complexity index is 451. The molecule has 1 saturated heterocycles. The smallest absolute Gasteiger partial charge is 0.328 e. The Morgan fingerprint density at radius 2 is 1.81 bits per heavy atom. The van der Waals surface area contributed by atoms with Crippen LogP contribution in [0.25, 0.3) is 0 Å². The molecule has 4 nitrogen and oxygen atoms in total. The van der Waals surface area contributed by atoms with Crippen LogP contribution in [0.4, 0.5) is 0 Å². The van der Waals surface area contributed by atoms with Crippen LogP contribution in [0.3, 0.4) is 0 Å². The number of nitrogens with zero attached hydrogens (tertiary/aromatic N) is 2. The third-order valence-electron chi connectivity index (χ3n) is 4.38. The first-order valence-corrected chi connectivity index (χ1v) is 7.72. The van der Waals surface area contributed by atoms with Crippen molar-refractivity contribution >= 4 is 5.97 Å². The first-order chi connectivity index (χ1) is 10.0. The van der Waals surface area contributed by atoms with Gasteiger partial charge in [-0.15, -0.1) is 0 Å². The van der Waals surface area contributed by atoms with Crippen LogP contribution in [0.1, 0.15) is 32.4 Å². The van der Waals surface area contributed by atoms with Crippen molar-refractivity contribution in [2.45, 2.75) is 38.9 Å². The molecule has 1 aliphatic heterocycles. The van der Waals surface area contributed by atoms with Gasteiger partial charge in [-0.3, -0.25) is 9.80 Å². The van der Waals surface area contributed by atoms with E-state index in [1.54, 1.807) is 0 Å². The Morgan fingerprint density at radius 1 is 1.24 bits per heavy atom. The molecule has 0 aliphatic carbocycles. The first kappa shape index (κ1) is 16.0. The lowest BCUT2D eigenvalue weighted by Crippen LogP contribution is -2.56. The average molecular weight is 290 g/mol. The summed E-state index contributed by atoms with van der Waals surface area (Å²) in [5.41, 5.74) is 1.01. The molecule has 0 aromatic heterocycles. The predicted molar refractivity (Wildman–Crippen MR) is 84.1 cm³/mol. The Hall–Kier alpha value is -1.39. The Balaban J connectivity index is 2.25. The zero-order chi connectivity index (χ0) is 15.4. The van der Waals surface area contributed by atoms with Crippen molar-refractivity contribution in [1.82, 2.24) is 9.80 Å². The zero-order valence-corrected chi connectivity index (χ0v) is 13.5. The fourth-order valence-electron chi connectivity index (χ4n) is 3.01. The second-order valence-corrected chi connectivity index (χ2v) is 5.88. The van der Waals surface area contributed by atoms with Gasteiger partial charge in [0.25, 0.3) is 0 Å². The molecule has 0 N–H and O–H groups in total. The van der Waals surface area contributed by atoms with Crippen LogP contribution in [0.15, 0.2) is 30.3 Å². The molecule has 116 valence electrons. The van der Waals surface area contributed by atoms with Gasteiger partial charge in [0.05, 0.1) is 6.61 Å². The monoisotopic (exact) mass is 290 g/mol.